The van der Waals surface area contributed by atoms with Gasteiger partial charge < -0.3 is 0 Å². The van der Waals surface area contributed by atoms with Crippen molar-refractivity contribution in [3.63, 3.8) is 0 Å². The second-order valence-electron chi connectivity index (χ2n) is 24.8. The van der Waals surface area contributed by atoms with E-state index in [0.29, 0.717) is 0 Å². The van der Waals surface area contributed by atoms with E-state index in [1.165, 1.54) is 137 Å². The van der Waals surface area contributed by atoms with E-state index in [2.05, 4.69) is 307 Å². The van der Waals surface area contributed by atoms with E-state index in [1.807, 2.05) is 227 Å². The number of thiophene rings is 20. The lowest BCUT2D eigenvalue weighted by Crippen LogP contribution is -2.26. The highest BCUT2D eigenvalue weighted by Crippen LogP contribution is 2.62. The maximum atomic E-state index is 2.50. The quantitative estimate of drug-likeness (QED) is 0.0566. The van der Waals surface area contributed by atoms with Gasteiger partial charge in [-0.15, -0.1) is 227 Å². The van der Waals surface area contributed by atoms with Crippen LogP contribution in [0.4, 0.5) is 0 Å². The Bertz CT molecular complexity index is 4990. The van der Waals surface area contributed by atoms with Crippen molar-refractivity contribution in [2.45, 2.75) is 27.1 Å². The Kier molecular flexibility index (Phi) is 18.5. The van der Waals surface area contributed by atoms with E-state index in [4.69, 9.17) is 0 Å². The third-order valence-corrected chi connectivity index (χ3v) is 41.8. The van der Waals surface area contributed by atoms with Crippen LogP contribution in [0.5, 0.6) is 0 Å². The summed E-state index contributed by atoms with van der Waals surface area (Å²) < 4.78 is 0. The van der Waals surface area contributed by atoms with Gasteiger partial charge in [-0.05, 0) is 234 Å². The Morgan fingerprint density at radius 3 is 0.314 bits per heavy atom. The maximum Gasteiger partial charge on any atom is 0.107 e. The van der Waals surface area contributed by atoms with Gasteiger partial charge in [0.1, 0.15) is 27.1 Å². The molecule has 0 aromatic carbocycles. The molecule has 20 heterocycles. The van der Waals surface area contributed by atoms with Crippen molar-refractivity contribution in [3.05, 3.63) is 405 Å². The first kappa shape index (κ1) is 68.3. The standard InChI is InChI=1S/C85H52S20/c1-13-61(86-41-1)81(62-14-2-42-87-62,63-15-3-43-88-63)73-33-25-53(98-73)57-29-37-77(102-57)85(78-38-30-58(103-78)54-26-34-74(99-54)82(64-16-4-44-89-64,65-17-5-45-90-65)66-18-6-46-91-66,79-39-31-59(104-79)55-27-35-75(100-55)83(67-19-7-47-92-67,68-20-8-48-93-68)69-21-9-49-94-69)80-40-32-60(105-80)56-28-36-76(101-56)84(70-22-10-50-95-70,71-23-11-51-96-71)72-24-12-52-97-72/h1-52H. The molecule has 20 rings (SSSR count). The lowest BCUT2D eigenvalue weighted by molar-refractivity contribution is 0.823. The summed E-state index contributed by atoms with van der Waals surface area (Å²) in [6.07, 6.45) is 0. The number of hydrogen-bond acceptors (Lipinski definition) is 20. The molecule has 0 amide bonds. The van der Waals surface area contributed by atoms with Crippen LogP contribution < -0.4 is 0 Å². The minimum atomic E-state index is -0.731. The van der Waals surface area contributed by atoms with E-state index in [0.717, 1.165) is 0 Å². The van der Waals surface area contributed by atoms with Gasteiger partial charge in [0.15, 0.2) is 0 Å². The highest BCUT2D eigenvalue weighted by atomic mass is 32.2. The lowest BCUT2D eigenvalue weighted by atomic mass is 9.81. The van der Waals surface area contributed by atoms with Crippen LogP contribution in [0, 0.1) is 0 Å². The first-order valence-electron chi connectivity index (χ1n) is 33.3. The molecule has 0 N–H and O–H groups in total. The van der Waals surface area contributed by atoms with Crippen LogP contribution in [0.2, 0.25) is 0 Å². The summed E-state index contributed by atoms with van der Waals surface area (Å²) >= 11 is 38.0. The van der Waals surface area contributed by atoms with Crippen molar-refractivity contribution < 1.29 is 0 Å². The van der Waals surface area contributed by atoms with Gasteiger partial charge in [0, 0.05) is 137 Å². The summed E-state index contributed by atoms with van der Waals surface area (Å²) in [6, 6.07) is 94.1. The van der Waals surface area contributed by atoms with Gasteiger partial charge in [0.25, 0.3) is 0 Å². The second kappa shape index (κ2) is 28.5. The van der Waals surface area contributed by atoms with Gasteiger partial charge in [-0.2, -0.15) is 0 Å². The molecule has 0 aliphatic carbocycles. The Hall–Kier alpha value is -6.00. The molecule has 0 spiro atoms. The minimum absolute atomic E-state index is 0.423. The van der Waals surface area contributed by atoms with Crippen LogP contribution >= 0.6 is 227 Å². The predicted octanol–water partition coefficient (Wildman–Crippen LogP) is 31.5. The van der Waals surface area contributed by atoms with Crippen LogP contribution in [-0.2, 0) is 27.1 Å². The van der Waals surface area contributed by atoms with Crippen molar-refractivity contribution in [3.8, 4) is 39.0 Å². The average Bonchev–Trinajstić information content (AvgIpc) is 1.58. The smallest absolute Gasteiger partial charge is 0.107 e. The normalized spacial score (nSPS) is 12.6. The molecule has 0 nitrogen and oxygen atoms in total. The van der Waals surface area contributed by atoms with Gasteiger partial charge in [-0.3, -0.25) is 0 Å². The Morgan fingerprint density at radius 1 is 0.114 bits per heavy atom. The first-order chi connectivity index (χ1) is 52.0. The highest BCUT2D eigenvalue weighted by molar-refractivity contribution is 7.27. The molecule has 0 saturated heterocycles. The van der Waals surface area contributed by atoms with Crippen molar-refractivity contribution in [2.24, 2.45) is 0 Å². The van der Waals surface area contributed by atoms with Crippen LogP contribution in [0.25, 0.3) is 39.0 Å². The molecule has 20 aromatic rings. The van der Waals surface area contributed by atoms with Crippen molar-refractivity contribution >= 4 is 227 Å². The maximum absolute atomic E-state index is 2.50. The molecule has 105 heavy (non-hydrogen) atoms. The topological polar surface area (TPSA) is 0 Å². The number of hydrogen-bond donors (Lipinski definition) is 0. The van der Waals surface area contributed by atoms with Gasteiger partial charge in [-0.25, -0.2) is 0 Å². The van der Waals surface area contributed by atoms with Crippen LogP contribution in [0.3, 0.4) is 0 Å². The molecule has 20 aromatic heterocycles. The molecule has 512 valence electrons. The molecule has 0 unspecified atom stereocenters. The summed E-state index contributed by atoms with van der Waals surface area (Å²) in [5.41, 5.74) is -2.42. The molecule has 0 fully saturated rings. The van der Waals surface area contributed by atoms with E-state index in [1.54, 1.807) is 0 Å². The van der Waals surface area contributed by atoms with Crippen molar-refractivity contribution in [1.29, 1.82) is 0 Å². The fourth-order valence-corrected chi connectivity index (χ4v) is 38.8. The van der Waals surface area contributed by atoms with E-state index in [-0.39, 0.29) is 0 Å². The van der Waals surface area contributed by atoms with Crippen LogP contribution in [0.15, 0.2) is 307 Å². The fraction of sp³-hybridized carbons (Fsp3) is 0.0588. The van der Waals surface area contributed by atoms with Crippen LogP contribution in [0.1, 0.15) is 97.5 Å². The summed E-state index contributed by atoms with van der Waals surface area (Å²) in [5, 5.41) is 27.0. The molecule has 20 heteroatoms. The number of rotatable bonds is 24. The highest BCUT2D eigenvalue weighted by Gasteiger charge is 2.49. The summed E-state index contributed by atoms with van der Waals surface area (Å²) in [4.78, 5) is 36.9. The summed E-state index contributed by atoms with van der Waals surface area (Å²) in [7, 11) is 0. The van der Waals surface area contributed by atoms with Gasteiger partial charge in [0.2, 0.25) is 0 Å². The molecule has 0 radical (unpaired) electrons. The lowest BCUT2D eigenvalue weighted by Gasteiger charge is -2.31. The first-order valence-corrected chi connectivity index (χ1v) is 50.4. The zero-order chi connectivity index (χ0) is 69.6. The third kappa shape index (κ3) is 11.0. The van der Waals surface area contributed by atoms with Crippen LogP contribution in [-0.4, -0.2) is 0 Å². The van der Waals surface area contributed by atoms with Gasteiger partial charge in [-0.1, -0.05) is 72.8 Å². The summed E-state index contributed by atoms with van der Waals surface area (Å²) in [5.74, 6) is 0. The van der Waals surface area contributed by atoms with E-state index in [9.17, 15) is 0 Å². The predicted molar refractivity (Wildman–Crippen MR) is 477 cm³/mol. The molecule has 0 aliphatic heterocycles. The zero-order valence-electron chi connectivity index (χ0n) is 54.7. The van der Waals surface area contributed by atoms with E-state index < -0.39 is 27.1 Å². The average molecular weight is 1710 g/mol. The molecular formula is C85H52S20. The minimum Gasteiger partial charge on any atom is -0.147 e. The molecular weight excluding hydrogens is 1660 g/mol. The van der Waals surface area contributed by atoms with Crippen molar-refractivity contribution in [2.75, 3.05) is 0 Å². The molecule has 0 aliphatic rings. The third-order valence-electron chi connectivity index (χ3n) is 19.5. The molecule has 0 atom stereocenters. The fourth-order valence-electron chi connectivity index (χ4n) is 14.9. The van der Waals surface area contributed by atoms with E-state index >= 15 is 0 Å². The molecule has 0 saturated carbocycles. The monoisotopic (exact) mass is 1710 g/mol. The second-order valence-corrected chi connectivity index (χ2v) is 44.8. The molecule has 0 bridgehead atoms. The Labute approximate surface area is 688 Å². The Morgan fingerprint density at radius 2 is 0.219 bits per heavy atom. The van der Waals surface area contributed by atoms with Crippen molar-refractivity contribution in [1.82, 2.24) is 0 Å². The van der Waals surface area contributed by atoms with Gasteiger partial charge >= 0.3 is 0 Å². The van der Waals surface area contributed by atoms with Gasteiger partial charge in [0.05, 0.1) is 0 Å². The largest absolute Gasteiger partial charge is 0.147 e. The summed E-state index contributed by atoms with van der Waals surface area (Å²) in [6.45, 7) is 0. The Balaban J connectivity index is 0.795. The zero-order valence-corrected chi connectivity index (χ0v) is 71.0. The SMILES string of the molecule is c1csc(C(c2cccs2)(c2cccs2)c2ccc(-c3ccc(C(c4ccc(-c5ccc(C(c6cccs6)(c6cccs6)c6cccs6)s5)s4)(c4ccc(-c5ccc(C(c6cccs6)(c6cccs6)c6cccs6)s5)s4)c4ccc(-c5ccc(C(c6cccs6)(c6cccs6)c6cccs6)s5)s4)s3)s2)c1.